The van der Waals surface area contributed by atoms with E-state index in [-0.39, 0.29) is 11.9 Å². The van der Waals surface area contributed by atoms with Crippen LogP contribution in [0.1, 0.15) is 52.0 Å². The zero-order chi connectivity index (χ0) is 16.9. The summed E-state index contributed by atoms with van der Waals surface area (Å²) in [5.74, 6) is 0.353. The van der Waals surface area contributed by atoms with E-state index in [0.717, 1.165) is 38.8 Å². The lowest BCUT2D eigenvalue weighted by molar-refractivity contribution is 0.0161. The number of hydrogen-bond acceptors (Lipinski definition) is 2. The zero-order valence-corrected chi connectivity index (χ0v) is 14.5. The van der Waals surface area contributed by atoms with Crippen molar-refractivity contribution in [3.05, 3.63) is 35.6 Å². The third-order valence-electron chi connectivity index (χ3n) is 4.16. The predicted octanol–water partition coefficient (Wildman–Crippen LogP) is 4.80. The molecule has 4 heteroatoms. The Labute approximate surface area is 138 Å². The van der Waals surface area contributed by atoms with Crippen LogP contribution in [0.2, 0.25) is 0 Å². The van der Waals surface area contributed by atoms with Crippen LogP contribution in [0.4, 0.5) is 9.18 Å². The van der Waals surface area contributed by atoms with Crippen molar-refractivity contribution in [2.45, 2.75) is 58.5 Å². The van der Waals surface area contributed by atoms with Crippen molar-refractivity contribution in [3.63, 3.8) is 0 Å². The van der Waals surface area contributed by atoms with E-state index in [9.17, 15) is 9.18 Å². The first-order chi connectivity index (χ1) is 10.8. The third-order valence-corrected chi connectivity index (χ3v) is 4.16. The quantitative estimate of drug-likeness (QED) is 0.797. The summed E-state index contributed by atoms with van der Waals surface area (Å²) in [5, 5.41) is 0. The molecule has 0 N–H and O–H groups in total. The maximum Gasteiger partial charge on any atom is 0.410 e. The molecule has 1 unspecified atom stereocenters. The lowest BCUT2D eigenvalue weighted by Crippen LogP contribution is -2.42. The Morgan fingerprint density at radius 1 is 1.30 bits per heavy atom. The minimum absolute atomic E-state index is 0.186. The second-order valence-corrected chi connectivity index (χ2v) is 7.45. The van der Waals surface area contributed by atoms with Crippen LogP contribution < -0.4 is 0 Å². The molecule has 1 aliphatic rings. The van der Waals surface area contributed by atoms with E-state index in [4.69, 9.17) is 4.74 Å². The molecule has 1 aliphatic heterocycles. The molecule has 1 fully saturated rings. The van der Waals surface area contributed by atoms with Crippen molar-refractivity contribution in [1.82, 2.24) is 4.90 Å². The Balaban J connectivity index is 1.75. The summed E-state index contributed by atoms with van der Waals surface area (Å²) in [7, 11) is 0. The molecule has 0 aromatic heterocycles. The van der Waals surface area contributed by atoms with Crippen LogP contribution in [0.15, 0.2) is 24.3 Å². The van der Waals surface area contributed by atoms with E-state index in [1.54, 1.807) is 0 Å². The Morgan fingerprint density at radius 2 is 2.00 bits per heavy atom. The van der Waals surface area contributed by atoms with Gasteiger partial charge in [-0.15, -0.1) is 0 Å². The third kappa shape index (κ3) is 6.20. The molecule has 0 aliphatic carbocycles. The van der Waals surface area contributed by atoms with E-state index < -0.39 is 5.60 Å². The van der Waals surface area contributed by atoms with Crippen molar-refractivity contribution < 1.29 is 13.9 Å². The molecule has 1 amide bonds. The number of likely N-dealkylation sites (tertiary alicyclic amines) is 1. The average Bonchev–Trinajstić information content (AvgIpc) is 2.48. The summed E-state index contributed by atoms with van der Waals surface area (Å²) in [4.78, 5) is 14.0. The number of benzene rings is 1. The van der Waals surface area contributed by atoms with Gasteiger partial charge in [-0.3, -0.25) is 0 Å². The van der Waals surface area contributed by atoms with Crippen LogP contribution in [-0.2, 0) is 11.2 Å². The number of rotatable bonds is 4. The second kappa shape index (κ2) is 7.80. The Bertz CT molecular complexity index is 507. The van der Waals surface area contributed by atoms with Crippen LogP contribution in [0.25, 0.3) is 0 Å². The average molecular weight is 321 g/mol. The Hall–Kier alpha value is -1.58. The number of ether oxygens (including phenoxy) is 1. The Kier molecular flexibility index (Phi) is 6.03. The fourth-order valence-corrected chi connectivity index (χ4v) is 3.04. The van der Waals surface area contributed by atoms with Gasteiger partial charge in [-0.1, -0.05) is 12.1 Å². The largest absolute Gasteiger partial charge is 0.444 e. The van der Waals surface area contributed by atoms with Gasteiger partial charge in [0.2, 0.25) is 0 Å². The molecular weight excluding hydrogens is 293 g/mol. The maximum atomic E-state index is 12.9. The number of amides is 1. The standard InChI is InChI=1S/C19H28FNO2/c1-19(2,3)23-18(22)21-13-5-8-16(14-21)7-4-6-15-9-11-17(20)12-10-15/h9-12,16H,4-8,13-14H2,1-3H3. The summed E-state index contributed by atoms with van der Waals surface area (Å²) in [6.45, 7) is 7.28. The molecule has 3 nitrogen and oxygen atoms in total. The number of carbonyl (C=O) groups is 1. The van der Waals surface area contributed by atoms with Gasteiger partial charge >= 0.3 is 6.09 Å². The molecule has 2 rings (SSSR count). The van der Waals surface area contributed by atoms with Crippen LogP contribution in [0.3, 0.4) is 0 Å². The molecule has 1 atom stereocenters. The highest BCUT2D eigenvalue weighted by molar-refractivity contribution is 5.68. The van der Waals surface area contributed by atoms with Gasteiger partial charge in [0.05, 0.1) is 0 Å². The second-order valence-electron chi connectivity index (χ2n) is 7.45. The molecule has 0 bridgehead atoms. The normalized spacial score (nSPS) is 18.8. The molecule has 0 radical (unpaired) electrons. The van der Waals surface area contributed by atoms with Crippen molar-refractivity contribution in [1.29, 1.82) is 0 Å². The van der Waals surface area contributed by atoms with Crippen molar-refractivity contribution in [3.8, 4) is 0 Å². The Morgan fingerprint density at radius 3 is 2.65 bits per heavy atom. The molecule has 1 saturated heterocycles. The summed E-state index contributed by atoms with van der Waals surface area (Å²) < 4.78 is 18.3. The minimum atomic E-state index is -0.438. The number of piperidine rings is 1. The zero-order valence-electron chi connectivity index (χ0n) is 14.5. The molecule has 128 valence electrons. The number of aryl methyl sites for hydroxylation is 1. The predicted molar refractivity (Wildman–Crippen MR) is 89.9 cm³/mol. The van der Waals surface area contributed by atoms with Gasteiger partial charge in [-0.2, -0.15) is 0 Å². The number of nitrogens with zero attached hydrogens (tertiary/aromatic N) is 1. The first kappa shape index (κ1) is 17.8. The number of carbonyl (C=O) groups excluding carboxylic acids is 1. The molecule has 1 aromatic carbocycles. The first-order valence-corrected chi connectivity index (χ1v) is 8.56. The van der Waals surface area contributed by atoms with Crippen molar-refractivity contribution in [2.75, 3.05) is 13.1 Å². The smallest absolute Gasteiger partial charge is 0.410 e. The molecule has 0 spiro atoms. The van der Waals surface area contributed by atoms with Gasteiger partial charge in [-0.05, 0) is 76.5 Å². The summed E-state index contributed by atoms with van der Waals surface area (Å²) in [6, 6.07) is 6.73. The van der Waals surface area contributed by atoms with E-state index in [1.165, 1.54) is 24.1 Å². The lowest BCUT2D eigenvalue weighted by atomic mass is 9.92. The highest BCUT2D eigenvalue weighted by atomic mass is 19.1. The molecular formula is C19H28FNO2. The molecule has 1 aromatic rings. The maximum absolute atomic E-state index is 12.9. The highest BCUT2D eigenvalue weighted by Gasteiger charge is 2.27. The van der Waals surface area contributed by atoms with E-state index in [1.807, 2.05) is 37.8 Å². The molecule has 23 heavy (non-hydrogen) atoms. The van der Waals surface area contributed by atoms with Gasteiger partial charge < -0.3 is 9.64 Å². The van der Waals surface area contributed by atoms with Gasteiger partial charge in [0.1, 0.15) is 11.4 Å². The lowest BCUT2D eigenvalue weighted by Gasteiger charge is -2.34. The topological polar surface area (TPSA) is 29.5 Å². The minimum Gasteiger partial charge on any atom is -0.444 e. The summed E-state index contributed by atoms with van der Waals surface area (Å²) >= 11 is 0. The SMILES string of the molecule is CC(C)(C)OC(=O)N1CCCC(CCCc2ccc(F)cc2)C1. The van der Waals surface area contributed by atoms with Gasteiger partial charge in [0, 0.05) is 13.1 Å². The van der Waals surface area contributed by atoms with Crippen LogP contribution >= 0.6 is 0 Å². The summed E-state index contributed by atoms with van der Waals surface area (Å²) in [5.41, 5.74) is 0.735. The monoisotopic (exact) mass is 321 g/mol. The van der Waals surface area contributed by atoms with Crippen LogP contribution in [-0.4, -0.2) is 29.7 Å². The first-order valence-electron chi connectivity index (χ1n) is 8.56. The fourth-order valence-electron chi connectivity index (χ4n) is 3.04. The number of halogens is 1. The summed E-state index contributed by atoms with van der Waals surface area (Å²) in [6.07, 6.45) is 5.14. The van der Waals surface area contributed by atoms with E-state index in [2.05, 4.69) is 0 Å². The van der Waals surface area contributed by atoms with Gasteiger partial charge in [0.25, 0.3) is 0 Å². The van der Waals surface area contributed by atoms with Gasteiger partial charge in [0.15, 0.2) is 0 Å². The fraction of sp³-hybridized carbons (Fsp3) is 0.632. The van der Waals surface area contributed by atoms with E-state index >= 15 is 0 Å². The van der Waals surface area contributed by atoms with Crippen LogP contribution in [0.5, 0.6) is 0 Å². The van der Waals surface area contributed by atoms with Crippen LogP contribution in [0, 0.1) is 11.7 Å². The van der Waals surface area contributed by atoms with Crippen molar-refractivity contribution in [2.24, 2.45) is 5.92 Å². The molecule has 1 heterocycles. The number of hydrogen-bond donors (Lipinski definition) is 0. The van der Waals surface area contributed by atoms with Crippen molar-refractivity contribution >= 4 is 6.09 Å². The van der Waals surface area contributed by atoms with Gasteiger partial charge in [-0.25, -0.2) is 9.18 Å². The molecule has 0 saturated carbocycles. The highest BCUT2D eigenvalue weighted by Crippen LogP contribution is 2.23. The van der Waals surface area contributed by atoms with E-state index in [0.29, 0.717) is 5.92 Å².